The van der Waals surface area contributed by atoms with Crippen molar-refractivity contribution in [1.82, 2.24) is 10.3 Å². The van der Waals surface area contributed by atoms with Crippen molar-refractivity contribution >= 4 is 22.5 Å². The Kier molecular flexibility index (Phi) is 5.20. The van der Waals surface area contributed by atoms with E-state index in [9.17, 15) is 9.18 Å². The molecule has 0 fully saturated rings. The first-order chi connectivity index (χ1) is 14.1. The normalized spacial score (nSPS) is 10.7. The number of hydrogen-bond donors (Lipinski definition) is 2. The Morgan fingerprint density at radius 2 is 1.90 bits per heavy atom. The number of nitrogens with one attached hydrogen (secondary N) is 2. The number of anilines is 1. The van der Waals surface area contributed by atoms with Gasteiger partial charge in [0.1, 0.15) is 5.82 Å². The minimum absolute atomic E-state index is 0.250. The van der Waals surface area contributed by atoms with E-state index in [0.717, 1.165) is 27.5 Å². The van der Waals surface area contributed by atoms with E-state index >= 15 is 0 Å². The molecule has 3 aromatic carbocycles. The van der Waals surface area contributed by atoms with E-state index in [1.165, 1.54) is 12.1 Å². The number of rotatable bonds is 4. The van der Waals surface area contributed by atoms with Crippen LogP contribution in [0.25, 0.3) is 21.9 Å². The van der Waals surface area contributed by atoms with Crippen molar-refractivity contribution in [2.24, 2.45) is 0 Å². The van der Waals surface area contributed by atoms with Crippen LogP contribution >= 0.6 is 0 Å². The van der Waals surface area contributed by atoms with Gasteiger partial charge in [-0.2, -0.15) is 0 Å². The van der Waals surface area contributed by atoms with Crippen LogP contribution in [-0.4, -0.2) is 11.0 Å². The first-order valence-electron chi connectivity index (χ1n) is 9.32. The summed E-state index contributed by atoms with van der Waals surface area (Å²) < 4.78 is 13.2. The molecule has 0 aliphatic carbocycles. The number of aryl methyl sites for hydroxylation is 1. The van der Waals surface area contributed by atoms with E-state index in [1.54, 1.807) is 18.3 Å². The number of benzene rings is 3. The maximum atomic E-state index is 13.2. The SMILES string of the molecule is Cc1ccc(NC(=O)NCc2cccc(F)c2)cc1-c1ccc2ccncc2c1. The molecule has 0 radical (unpaired) electrons. The average molecular weight is 385 g/mol. The third-order valence-electron chi connectivity index (χ3n) is 4.79. The number of pyridine rings is 1. The van der Waals surface area contributed by atoms with Crippen LogP contribution in [0.2, 0.25) is 0 Å². The fraction of sp³-hybridized carbons (Fsp3) is 0.0833. The number of aromatic nitrogens is 1. The van der Waals surface area contributed by atoms with Crippen LogP contribution < -0.4 is 10.6 Å². The molecule has 4 rings (SSSR count). The van der Waals surface area contributed by atoms with Crippen molar-refractivity contribution in [1.29, 1.82) is 0 Å². The summed E-state index contributed by atoms with van der Waals surface area (Å²) in [6.45, 7) is 2.29. The van der Waals surface area contributed by atoms with Gasteiger partial charge in [0, 0.05) is 30.0 Å². The van der Waals surface area contributed by atoms with Gasteiger partial charge >= 0.3 is 6.03 Å². The molecule has 5 heteroatoms. The zero-order valence-corrected chi connectivity index (χ0v) is 15.9. The minimum Gasteiger partial charge on any atom is -0.334 e. The Morgan fingerprint density at radius 3 is 2.76 bits per heavy atom. The van der Waals surface area contributed by atoms with Crippen molar-refractivity contribution in [2.45, 2.75) is 13.5 Å². The summed E-state index contributed by atoms with van der Waals surface area (Å²) in [5.74, 6) is -0.321. The number of halogens is 1. The number of carbonyl (C=O) groups excluding carboxylic acids is 1. The van der Waals surface area contributed by atoms with Gasteiger partial charge in [-0.05, 0) is 71.0 Å². The second-order valence-electron chi connectivity index (χ2n) is 6.90. The number of amides is 2. The third kappa shape index (κ3) is 4.41. The predicted molar refractivity (Wildman–Crippen MR) is 114 cm³/mol. The highest BCUT2D eigenvalue weighted by Gasteiger charge is 2.08. The highest BCUT2D eigenvalue weighted by atomic mass is 19.1. The van der Waals surface area contributed by atoms with Gasteiger partial charge in [-0.1, -0.05) is 30.3 Å². The van der Waals surface area contributed by atoms with E-state index in [0.29, 0.717) is 11.3 Å². The Labute approximate surface area is 168 Å². The van der Waals surface area contributed by atoms with Crippen LogP contribution in [0.3, 0.4) is 0 Å². The standard InChI is InChI=1S/C24H20FN3O/c1-16-5-8-22(28-24(29)27-14-17-3-2-4-21(25)11-17)13-23(16)19-7-6-18-9-10-26-15-20(18)12-19/h2-13,15H,14H2,1H3,(H2,27,28,29). The van der Waals surface area contributed by atoms with Crippen LogP contribution in [0.1, 0.15) is 11.1 Å². The lowest BCUT2D eigenvalue weighted by Crippen LogP contribution is -2.28. The lowest BCUT2D eigenvalue weighted by Gasteiger charge is -2.12. The third-order valence-corrected chi connectivity index (χ3v) is 4.79. The quantitative estimate of drug-likeness (QED) is 0.475. The van der Waals surface area contributed by atoms with Gasteiger partial charge in [0.25, 0.3) is 0 Å². The fourth-order valence-electron chi connectivity index (χ4n) is 3.27. The number of carbonyl (C=O) groups is 1. The summed E-state index contributed by atoms with van der Waals surface area (Å²) in [5, 5.41) is 7.79. The molecule has 4 nitrogen and oxygen atoms in total. The number of hydrogen-bond acceptors (Lipinski definition) is 2. The van der Waals surface area contributed by atoms with E-state index in [-0.39, 0.29) is 18.4 Å². The zero-order valence-electron chi connectivity index (χ0n) is 15.9. The van der Waals surface area contributed by atoms with E-state index in [1.807, 2.05) is 37.4 Å². The van der Waals surface area contributed by atoms with Crippen LogP contribution in [-0.2, 0) is 6.54 Å². The Bertz CT molecular complexity index is 1190. The molecule has 4 aromatic rings. The molecule has 0 saturated heterocycles. The zero-order chi connectivity index (χ0) is 20.2. The van der Waals surface area contributed by atoms with Gasteiger partial charge in [0.15, 0.2) is 0 Å². The molecule has 1 heterocycles. The summed E-state index contributed by atoms with van der Waals surface area (Å²) >= 11 is 0. The van der Waals surface area contributed by atoms with Gasteiger partial charge in [-0.25, -0.2) is 9.18 Å². The molecule has 0 aliphatic rings. The molecule has 2 N–H and O–H groups in total. The molecule has 144 valence electrons. The number of urea groups is 1. The fourth-order valence-corrected chi connectivity index (χ4v) is 3.27. The maximum Gasteiger partial charge on any atom is 0.319 e. The Hall–Kier alpha value is -3.73. The summed E-state index contributed by atoms with van der Waals surface area (Å²) in [5.41, 5.74) is 4.60. The molecular formula is C24H20FN3O. The molecule has 0 atom stereocenters. The summed E-state index contributed by atoms with van der Waals surface area (Å²) in [6.07, 6.45) is 3.62. The first-order valence-corrected chi connectivity index (χ1v) is 9.32. The van der Waals surface area contributed by atoms with Gasteiger partial charge in [-0.15, -0.1) is 0 Å². The summed E-state index contributed by atoms with van der Waals surface area (Å²) in [6, 6.07) is 19.8. The number of fused-ring (bicyclic) bond motifs is 1. The van der Waals surface area contributed by atoms with Crippen molar-refractivity contribution in [3.8, 4) is 11.1 Å². The van der Waals surface area contributed by atoms with Crippen molar-refractivity contribution < 1.29 is 9.18 Å². The van der Waals surface area contributed by atoms with E-state index in [2.05, 4.69) is 33.8 Å². The molecule has 0 saturated carbocycles. The van der Waals surface area contributed by atoms with E-state index < -0.39 is 0 Å². The van der Waals surface area contributed by atoms with Gasteiger partial charge in [-0.3, -0.25) is 4.98 Å². The Morgan fingerprint density at radius 1 is 1.00 bits per heavy atom. The minimum atomic E-state index is -0.341. The highest BCUT2D eigenvalue weighted by Crippen LogP contribution is 2.29. The highest BCUT2D eigenvalue weighted by molar-refractivity contribution is 5.91. The van der Waals surface area contributed by atoms with Crippen LogP contribution in [0.4, 0.5) is 14.9 Å². The number of nitrogens with zero attached hydrogens (tertiary/aromatic N) is 1. The largest absolute Gasteiger partial charge is 0.334 e. The summed E-state index contributed by atoms with van der Waals surface area (Å²) in [7, 11) is 0. The van der Waals surface area contributed by atoms with Crippen LogP contribution in [0, 0.1) is 12.7 Å². The molecule has 0 aliphatic heterocycles. The molecule has 0 bridgehead atoms. The van der Waals surface area contributed by atoms with Crippen molar-refractivity contribution in [3.05, 3.63) is 96.1 Å². The average Bonchev–Trinajstić information content (AvgIpc) is 2.73. The predicted octanol–water partition coefficient (Wildman–Crippen LogP) is 5.67. The van der Waals surface area contributed by atoms with Gasteiger partial charge < -0.3 is 10.6 Å². The molecular weight excluding hydrogens is 365 g/mol. The molecule has 0 spiro atoms. The summed E-state index contributed by atoms with van der Waals surface area (Å²) in [4.78, 5) is 16.4. The lowest BCUT2D eigenvalue weighted by atomic mass is 9.98. The smallest absolute Gasteiger partial charge is 0.319 e. The van der Waals surface area contributed by atoms with E-state index in [4.69, 9.17) is 0 Å². The Balaban J connectivity index is 1.50. The molecule has 1 aromatic heterocycles. The topological polar surface area (TPSA) is 54.0 Å². The monoisotopic (exact) mass is 385 g/mol. The second kappa shape index (κ2) is 8.10. The van der Waals surface area contributed by atoms with Gasteiger partial charge in [0.05, 0.1) is 0 Å². The lowest BCUT2D eigenvalue weighted by molar-refractivity contribution is 0.251. The first kappa shape index (κ1) is 18.6. The molecule has 0 unspecified atom stereocenters. The molecule has 29 heavy (non-hydrogen) atoms. The van der Waals surface area contributed by atoms with Crippen molar-refractivity contribution in [2.75, 3.05) is 5.32 Å². The second-order valence-corrected chi connectivity index (χ2v) is 6.90. The van der Waals surface area contributed by atoms with Crippen LogP contribution in [0.5, 0.6) is 0 Å². The maximum absolute atomic E-state index is 13.2. The molecule has 2 amide bonds. The van der Waals surface area contributed by atoms with Crippen molar-refractivity contribution in [3.63, 3.8) is 0 Å². The van der Waals surface area contributed by atoms with Gasteiger partial charge in [0.2, 0.25) is 0 Å². The van der Waals surface area contributed by atoms with Crippen LogP contribution in [0.15, 0.2) is 79.1 Å².